The lowest BCUT2D eigenvalue weighted by Gasteiger charge is -2.32. The van der Waals surface area contributed by atoms with Crippen molar-refractivity contribution in [1.29, 1.82) is 0 Å². The number of hydrogen-bond donors (Lipinski definition) is 1. The molecule has 1 amide bonds. The Hall–Kier alpha value is -1.50. The minimum absolute atomic E-state index is 0. The molecule has 3 nitrogen and oxygen atoms in total. The Morgan fingerprint density at radius 2 is 1.83 bits per heavy atom. The maximum absolute atomic E-state index is 14.1. The summed E-state index contributed by atoms with van der Waals surface area (Å²) >= 11 is 7.19. The third kappa shape index (κ3) is 4.12. The summed E-state index contributed by atoms with van der Waals surface area (Å²) in [6, 6.07) is 12.4. The van der Waals surface area contributed by atoms with Gasteiger partial charge in [0.15, 0.2) is 6.61 Å². The average molecular weight is 392 g/mol. The smallest absolute Gasteiger partial charge is 0.408 e. The molecule has 0 radical (unpaired) electrons. The van der Waals surface area contributed by atoms with Gasteiger partial charge in [0, 0.05) is 14.8 Å². The summed E-state index contributed by atoms with van der Waals surface area (Å²) in [4.78, 5) is 12.9. The van der Waals surface area contributed by atoms with Gasteiger partial charge in [0.1, 0.15) is 6.04 Å². The van der Waals surface area contributed by atoms with Gasteiger partial charge >= 0.3 is 12.0 Å². The maximum atomic E-state index is 14.1. The van der Waals surface area contributed by atoms with Crippen LogP contribution in [0.25, 0.3) is 0 Å². The molecule has 2 aromatic rings. The molecule has 1 atom stereocenters. The van der Waals surface area contributed by atoms with Gasteiger partial charge in [0.25, 0.3) is 0 Å². The summed E-state index contributed by atoms with van der Waals surface area (Å²) in [7, 11) is 0. The Kier molecular flexibility index (Phi) is 5.96. The first-order chi connectivity index (χ1) is 11.0. The monoisotopic (exact) mass is 391 g/mol. The minimum atomic E-state index is -3.18. The van der Waals surface area contributed by atoms with Crippen molar-refractivity contribution in [2.24, 2.45) is 0 Å². The largest absolute Gasteiger partial charge is 0.443 e. The van der Waals surface area contributed by atoms with E-state index in [0.29, 0.717) is 15.5 Å². The van der Waals surface area contributed by atoms with Crippen molar-refractivity contribution in [2.45, 2.75) is 21.8 Å². The molecule has 24 heavy (non-hydrogen) atoms. The number of benzene rings is 2. The van der Waals surface area contributed by atoms with Crippen LogP contribution in [0.15, 0.2) is 58.3 Å². The van der Waals surface area contributed by atoms with Crippen LogP contribution in [-0.2, 0) is 4.74 Å². The number of alkyl carbamates (subject to hydrolysis) is 1. The summed E-state index contributed by atoms with van der Waals surface area (Å²) in [6.45, 7) is -0.927. The fourth-order valence-electron chi connectivity index (χ4n) is 2.26. The molecular weight excluding hydrogens is 379 g/mol. The van der Waals surface area contributed by atoms with E-state index in [1.165, 1.54) is 11.8 Å². The normalized spacial score (nSPS) is 19.0. The van der Waals surface area contributed by atoms with Crippen LogP contribution in [0.1, 0.15) is 11.6 Å². The first kappa shape index (κ1) is 18.8. The highest BCUT2D eigenvalue weighted by molar-refractivity contribution is 7.99. The summed E-state index contributed by atoms with van der Waals surface area (Å²) in [5.74, 6) is -3.18. The summed E-state index contributed by atoms with van der Waals surface area (Å²) in [6.07, 6.45) is -0.841. The number of rotatable bonds is 3. The summed E-state index contributed by atoms with van der Waals surface area (Å²) in [5, 5.41) is 2.82. The molecular formula is C16H13Cl2F2NO2S. The second-order valence-corrected chi connectivity index (χ2v) is 6.56. The topological polar surface area (TPSA) is 38.3 Å². The van der Waals surface area contributed by atoms with Gasteiger partial charge in [0.05, 0.1) is 0 Å². The number of alkyl halides is 2. The van der Waals surface area contributed by atoms with Crippen LogP contribution < -0.4 is 5.32 Å². The lowest BCUT2D eigenvalue weighted by Crippen LogP contribution is -2.49. The Morgan fingerprint density at radius 3 is 2.54 bits per heavy atom. The number of hydrogen-bond acceptors (Lipinski definition) is 3. The molecule has 1 aliphatic heterocycles. The quantitative estimate of drug-likeness (QED) is 0.768. The predicted octanol–water partition coefficient (Wildman–Crippen LogP) is 5.33. The number of ether oxygens (including phenoxy) is 1. The second kappa shape index (κ2) is 7.59. The van der Waals surface area contributed by atoms with Crippen LogP contribution in [0.2, 0.25) is 5.02 Å². The van der Waals surface area contributed by atoms with E-state index in [-0.39, 0.29) is 12.4 Å². The lowest BCUT2D eigenvalue weighted by molar-refractivity contribution is -0.104. The molecule has 3 rings (SSSR count). The van der Waals surface area contributed by atoms with E-state index >= 15 is 0 Å². The zero-order valence-electron chi connectivity index (χ0n) is 12.2. The summed E-state index contributed by atoms with van der Waals surface area (Å²) in [5.41, 5.74) is 0.356. The van der Waals surface area contributed by atoms with Crippen LogP contribution in [-0.4, -0.2) is 18.6 Å². The molecule has 8 heteroatoms. The molecule has 0 spiro atoms. The van der Waals surface area contributed by atoms with Crippen molar-refractivity contribution in [2.75, 3.05) is 6.61 Å². The second-order valence-electron chi connectivity index (χ2n) is 5.01. The number of cyclic esters (lactones) is 1. The summed E-state index contributed by atoms with van der Waals surface area (Å²) < 4.78 is 32.7. The molecule has 128 valence electrons. The van der Waals surface area contributed by atoms with Crippen LogP contribution in [0.5, 0.6) is 0 Å². The molecule has 0 saturated carbocycles. The zero-order chi connectivity index (χ0) is 16.4. The molecule has 1 heterocycles. The fourth-order valence-corrected chi connectivity index (χ4v) is 3.36. The molecule has 0 unspecified atom stereocenters. The van der Waals surface area contributed by atoms with E-state index in [1.807, 2.05) is 12.1 Å². The molecule has 1 saturated heterocycles. The average Bonchev–Trinajstić information content (AvgIpc) is 2.53. The zero-order valence-corrected chi connectivity index (χ0v) is 14.6. The van der Waals surface area contributed by atoms with E-state index in [9.17, 15) is 13.6 Å². The Bertz CT molecular complexity index is 728. The number of halogens is 4. The number of amides is 1. The van der Waals surface area contributed by atoms with E-state index < -0.39 is 24.7 Å². The van der Waals surface area contributed by atoms with Crippen LogP contribution in [0, 0.1) is 0 Å². The predicted molar refractivity (Wildman–Crippen MR) is 91.4 cm³/mol. The van der Waals surface area contributed by atoms with E-state index in [0.717, 1.165) is 4.90 Å². The van der Waals surface area contributed by atoms with E-state index in [2.05, 4.69) is 10.1 Å². The van der Waals surface area contributed by atoms with Gasteiger partial charge in [-0.1, -0.05) is 41.6 Å². The van der Waals surface area contributed by atoms with Crippen molar-refractivity contribution >= 4 is 41.9 Å². The Morgan fingerprint density at radius 1 is 1.17 bits per heavy atom. The van der Waals surface area contributed by atoms with Crippen LogP contribution in [0.3, 0.4) is 0 Å². The van der Waals surface area contributed by atoms with Gasteiger partial charge in [0.2, 0.25) is 0 Å². The number of carbonyl (C=O) groups is 1. The van der Waals surface area contributed by atoms with Crippen molar-refractivity contribution in [3.63, 3.8) is 0 Å². The van der Waals surface area contributed by atoms with Gasteiger partial charge in [-0.05, 0) is 35.9 Å². The van der Waals surface area contributed by atoms with Crippen molar-refractivity contribution in [3.8, 4) is 0 Å². The molecule has 1 aliphatic rings. The lowest BCUT2D eigenvalue weighted by atomic mass is 10.00. The molecule has 1 N–H and O–H groups in total. The Labute approximate surface area is 153 Å². The molecule has 0 aromatic heterocycles. The van der Waals surface area contributed by atoms with Gasteiger partial charge in [-0.25, -0.2) is 13.6 Å². The van der Waals surface area contributed by atoms with Gasteiger partial charge in [-0.15, -0.1) is 12.4 Å². The van der Waals surface area contributed by atoms with Crippen molar-refractivity contribution in [1.82, 2.24) is 5.32 Å². The standard InChI is InChI=1S/C16H12ClF2NO2S.ClH/c17-10-5-7-11(8-6-10)23-13-4-2-1-3-12(13)14-16(18,19)9-22-15(21)20-14;/h1-8,14H,9H2,(H,20,21);1H/t14-;/m1./s1. The number of carbonyl (C=O) groups excluding carboxylic acids is 1. The van der Waals surface area contributed by atoms with Gasteiger partial charge < -0.3 is 10.1 Å². The molecule has 2 aromatic carbocycles. The van der Waals surface area contributed by atoms with Crippen molar-refractivity contribution in [3.05, 3.63) is 59.1 Å². The van der Waals surface area contributed by atoms with Crippen LogP contribution >= 0.6 is 35.8 Å². The van der Waals surface area contributed by atoms with Crippen LogP contribution in [0.4, 0.5) is 13.6 Å². The third-order valence-corrected chi connectivity index (χ3v) is 4.70. The highest BCUT2D eigenvalue weighted by atomic mass is 35.5. The molecule has 0 aliphatic carbocycles. The SMILES string of the molecule is Cl.O=C1N[C@H](c2ccccc2Sc2ccc(Cl)cc2)C(F)(F)CO1. The van der Waals surface area contributed by atoms with Crippen molar-refractivity contribution < 1.29 is 18.3 Å². The first-order valence-electron chi connectivity index (χ1n) is 6.79. The molecule has 1 fully saturated rings. The maximum Gasteiger partial charge on any atom is 0.408 e. The fraction of sp³-hybridized carbons (Fsp3) is 0.188. The third-order valence-electron chi connectivity index (χ3n) is 3.35. The van der Waals surface area contributed by atoms with Gasteiger partial charge in [-0.3, -0.25) is 0 Å². The Balaban J connectivity index is 0.00000208. The van der Waals surface area contributed by atoms with E-state index in [4.69, 9.17) is 11.6 Å². The van der Waals surface area contributed by atoms with E-state index in [1.54, 1.807) is 36.4 Å². The number of nitrogens with one attached hydrogen (secondary N) is 1. The highest BCUT2D eigenvalue weighted by Crippen LogP contribution is 2.40. The molecule has 0 bridgehead atoms. The minimum Gasteiger partial charge on any atom is -0.443 e. The highest BCUT2D eigenvalue weighted by Gasteiger charge is 2.47. The first-order valence-corrected chi connectivity index (χ1v) is 7.98. The van der Waals surface area contributed by atoms with Gasteiger partial charge in [-0.2, -0.15) is 0 Å².